The fraction of sp³-hybridized carbons (Fsp3) is 0.208. The third-order valence-electron chi connectivity index (χ3n) is 4.68. The Hall–Kier alpha value is -3.87. The van der Waals surface area contributed by atoms with E-state index in [1.807, 2.05) is 37.3 Å². The molecule has 7 heteroatoms. The molecule has 2 N–H and O–H groups in total. The Bertz CT molecular complexity index is 1080. The highest BCUT2D eigenvalue weighted by Crippen LogP contribution is 2.23. The maximum atomic E-state index is 12.4. The molecule has 0 aliphatic rings. The molecule has 0 atom stereocenters. The fourth-order valence-corrected chi connectivity index (χ4v) is 3.07. The van der Waals surface area contributed by atoms with Gasteiger partial charge in [-0.25, -0.2) is 0 Å². The van der Waals surface area contributed by atoms with Crippen molar-refractivity contribution in [2.45, 2.75) is 13.3 Å². The first-order valence-electron chi connectivity index (χ1n) is 9.88. The number of nitrogens with zero attached hydrogens (tertiary/aromatic N) is 1. The molecule has 0 spiro atoms. The van der Waals surface area contributed by atoms with Gasteiger partial charge < -0.3 is 20.1 Å². The zero-order valence-electron chi connectivity index (χ0n) is 17.8. The number of ether oxygens (including phenoxy) is 2. The lowest BCUT2D eigenvalue weighted by Gasteiger charge is -2.10. The van der Waals surface area contributed by atoms with Crippen LogP contribution in [0, 0.1) is 6.92 Å². The summed E-state index contributed by atoms with van der Waals surface area (Å²) in [6.07, 6.45) is 2.18. The molecule has 0 unspecified atom stereocenters. The Labute approximate surface area is 181 Å². The minimum atomic E-state index is -0.276. The van der Waals surface area contributed by atoms with Gasteiger partial charge in [0.15, 0.2) is 0 Å². The number of nitrogens with one attached hydrogen (secondary N) is 2. The Morgan fingerprint density at radius 3 is 2.55 bits per heavy atom. The number of amides is 2. The van der Waals surface area contributed by atoms with Gasteiger partial charge in [0.2, 0.25) is 0 Å². The number of aryl methyl sites for hydroxylation is 1. The summed E-state index contributed by atoms with van der Waals surface area (Å²) < 4.78 is 11.1. The van der Waals surface area contributed by atoms with Crippen molar-refractivity contribution in [1.82, 2.24) is 15.6 Å². The summed E-state index contributed by atoms with van der Waals surface area (Å²) in [5.41, 5.74) is 2.81. The van der Waals surface area contributed by atoms with Crippen LogP contribution in [0.25, 0.3) is 0 Å². The molecule has 31 heavy (non-hydrogen) atoms. The number of carbonyl (C=O) groups is 2. The molecule has 160 valence electrons. The van der Waals surface area contributed by atoms with E-state index in [1.54, 1.807) is 38.4 Å². The number of hydrogen-bond donors (Lipinski definition) is 2. The number of pyridine rings is 1. The second-order valence-electron chi connectivity index (χ2n) is 6.90. The monoisotopic (exact) mass is 419 g/mol. The second-order valence-corrected chi connectivity index (χ2v) is 6.90. The van der Waals surface area contributed by atoms with Crippen LogP contribution in [0.15, 0.2) is 60.8 Å². The molecule has 0 saturated carbocycles. The highest BCUT2D eigenvalue weighted by molar-refractivity contribution is 5.94. The number of aromatic nitrogens is 1. The van der Waals surface area contributed by atoms with Crippen molar-refractivity contribution in [3.63, 3.8) is 0 Å². The number of methoxy groups -OCH3 is 1. The first kappa shape index (κ1) is 21.8. The molecule has 2 amide bonds. The van der Waals surface area contributed by atoms with E-state index in [1.165, 1.54) is 6.20 Å². The second kappa shape index (κ2) is 10.2. The molecule has 3 aromatic rings. The standard InChI is InChI=1S/C24H25N3O4/c1-16-13-18(7-8-22(16)30-3)23(28)27-11-9-17-5-4-6-19(14-17)31-20-10-12-26-21(15-20)24(29)25-2/h4-8,10,12-15H,9,11H2,1-3H3,(H,25,29)(H,27,28). The first-order chi connectivity index (χ1) is 15.0. The summed E-state index contributed by atoms with van der Waals surface area (Å²) in [6, 6.07) is 16.2. The molecule has 0 bridgehead atoms. The van der Waals surface area contributed by atoms with Gasteiger partial charge in [0.25, 0.3) is 11.8 Å². The van der Waals surface area contributed by atoms with E-state index in [0.29, 0.717) is 30.0 Å². The van der Waals surface area contributed by atoms with E-state index >= 15 is 0 Å². The quantitative estimate of drug-likeness (QED) is 0.583. The van der Waals surface area contributed by atoms with Crippen molar-refractivity contribution in [2.75, 3.05) is 20.7 Å². The van der Waals surface area contributed by atoms with E-state index < -0.39 is 0 Å². The summed E-state index contributed by atoms with van der Waals surface area (Å²) >= 11 is 0. The molecule has 3 rings (SSSR count). The van der Waals surface area contributed by atoms with Crippen LogP contribution in [0.3, 0.4) is 0 Å². The van der Waals surface area contributed by atoms with E-state index in [9.17, 15) is 9.59 Å². The topological polar surface area (TPSA) is 89.6 Å². The average Bonchev–Trinajstić information content (AvgIpc) is 2.79. The van der Waals surface area contributed by atoms with Gasteiger partial charge >= 0.3 is 0 Å². The van der Waals surface area contributed by atoms with E-state index in [0.717, 1.165) is 16.9 Å². The third kappa shape index (κ3) is 5.82. The minimum absolute atomic E-state index is 0.128. The Morgan fingerprint density at radius 1 is 1.00 bits per heavy atom. The van der Waals surface area contributed by atoms with Crippen molar-refractivity contribution in [2.24, 2.45) is 0 Å². The number of rotatable bonds is 8. The third-order valence-corrected chi connectivity index (χ3v) is 4.68. The maximum absolute atomic E-state index is 12.4. The summed E-state index contributed by atoms with van der Waals surface area (Å²) in [7, 11) is 3.16. The van der Waals surface area contributed by atoms with Crippen molar-refractivity contribution in [3.05, 3.63) is 83.2 Å². The first-order valence-corrected chi connectivity index (χ1v) is 9.88. The van der Waals surface area contributed by atoms with Gasteiger partial charge in [-0.2, -0.15) is 0 Å². The van der Waals surface area contributed by atoms with Gasteiger partial charge in [-0.1, -0.05) is 12.1 Å². The lowest BCUT2D eigenvalue weighted by Crippen LogP contribution is -2.25. The predicted molar refractivity (Wildman–Crippen MR) is 118 cm³/mol. The van der Waals surface area contributed by atoms with Gasteiger partial charge in [-0.3, -0.25) is 14.6 Å². The van der Waals surface area contributed by atoms with Gasteiger partial charge in [-0.15, -0.1) is 0 Å². The van der Waals surface area contributed by atoms with Crippen molar-refractivity contribution < 1.29 is 19.1 Å². The molecule has 0 aliphatic heterocycles. The van der Waals surface area contributed by atoms with Crippen molar-refractivity contribution in [1.29, 1.82) is 0 Å². The molecule has 0 saturated heterocycles. The fourth-order valence-electron chi connectivity index (χ4n) is 3.07. The van der Waals surface area contributed by atoms with Gasteiger partial charge in [0, 0.05) is 31.4 Å². The minimum Gasteiger partial charge on any atom is -0.496 e. The van der Waals surface area contributed by atoms with Crippen LogP contribution < -0.4 is 20.1 Å². The summed E-state index contributed by atoms with van der Waals surface area (Å²) in [6.45, 7) is 2.39. The highest BCUT2D eigenvalue weighted by atomic mass is 16.5. The number of benzene rings is 2. The summed E-state index contributed by atoms with van der Waals surface area (Å²) in [4.78, 5) is 28.1. The SMILES string of the molecule is CNC(=O)c1cc(Oc2cccc(CCNC(=O)c3ccc(OC)c(C)c3)c2)ccn1. The number of hydrogen-bond acceptors (Lipinski definition) is 5. The molecule has 7 nitrogen and oxygen atoms in total. The summed E-state index contributed by atoms with van der Waals surface area (Å²) in [5, 5.41) is 5.47. The largest absolute Gasteiger partial charge is 0.496 e. The molecule has 1 heterocycles. The molecule has 1 aromatic heterocycles. The van der Waals surface area contributed by atoms with Crippen LogP contribution in [0.1, 0.15) is 32.0 Å². The Morgan fingerprint density at radius 2 is 1.81 bits per heavy atom. The molecular weight excluding hydrogens is 394 g/mol. The van der Waals surface area contributed by atoms with Crippen LogP contribution in [0.2, 0.25) is 0 Å². The summed E-state index contributed by atoms with van der Waals surface area (Å²) in [5.74, 6) is 1.52. The molecule has 0 fully saturated rings. The van der Waals surface area contributed by atoms with Crippen LogP contribution in [0.4, 0.5) is 0 Å². The lowest BCUT2D eigenvalue weighted by atomic mass is 10.1. The van der Waals surface area contributed by atoms with Crippen LogP contribution in [-0.2, 0) is 6.42 Å². The van der Waals surface area contributed by atoms with Gasteiger partial charge in [0.05, 0.1) is 7.11 Å². The van der Waals surface area contributed by atoms with E-state index in [-0.39, 0.29) is 17.5 Å². The molecule has 0 aliphatic carbocycles. The lowest BCUT2D eigenvalue weighted by molar-refractivity contribution is 0.0947. The Kier molecular flexibility index (Phi) is 7.22. The van der Waals surface area contributed by atoms with Gasteiger partial charge in [0.1, 0.15) is 22.9 Å². The molecule has 2 aromatic carbocycles. The normalized spacial score (nSPS) is 10.3. The zero-order chi connectivity index (χ0) is 22.2. The smallest absolute Gasteiger partial charge is 0.269 e. The van der Waals surface area contributed by atoms with E-state index in [2.05, 4.69) is 15.6 Å². The van der Waals surface area contributed by atoms with Gasteiger partial charge in [-0.05, 0) is 60.9 Å². The van der Waals surface area contributed by atoms with Crippen LogP contribution in [0.5, 0.6) is 17.2 Å². The maximum Gasteiger partial charge on any atom is 0.269 e. The van der Waals surface area contributed by atoms with Crippen LogP contribution >= 0.6 is 0 Å². The zero-order valence-corrected chi connectivity index (χ0v) is 17.8. The predicted octanol–water partition coefficient (Wildman–Crippen LogP) is 3.52. The van der Waals surface area contributed by atoms with Crippen molar-refractivity contribution >= 4 is 11.8 Å². The van der Waals surface area contributed by atoms with Crippen LogP contribution in [-0.4, -0.2) is 37.5 Å². The average molecular weight is 419 g/mol. The van der Waals surface area contributed by atoms with Crippen molar-refractivity contribution in [3.8, 4) is 17.2 Å². The molecule has 0 radical (unpaired) electrons. The van der Waals surface area contributed by atoms with E-state index in [4.69, 9.17) is 9.47 Å². The highest BCUT2D eigenvalue weighted by Gasteiger charge is 2.09. The Balaban J connectivity index is 1.58. The number of carbonyl (C=O) groups excluding carboxylic acids is 2. The molecular formula is C24H25N3O4.